The molecule has 64 heavy (non-hydrogen) atoms. The molecule has 15 rings (SSSR count). The molecule has 300 valence electrons. The Hall–Kier alpha value is -8.48. The third-order valence-corrected chi connectivity index (χ3v) is 13.9. The van der Waals surface area contributed by atoms with Gasteiger partial charge in [-0.25, -0.2) is 0 Å². The second-order valence-electron chi connectivity index (χ2n) is 17.0. The van der Waals surface area contributed by atoms with Crippen LogP contribution in [0.2, 0.25) is 0 Å². The molecule has 0 amide bonds. The number of benzene rings is 8. The first-order chi connectivity index (χ1) is 31.7. The van der Waals surface area contributed by atoms with Gasteiger partial charge in [0.1, 0.15) is 79.2 Å². The minimum absolute atomic E-state index is 0.675. The molecule has 0 unspecified atom stereocenters. The number of hydrogen-bond acceptors (Lipinski definition) is 6. The summed E-state index contributed by atoms with van der Waals surface area (Å²) >= 11 is 0. The van der Waals surface area contributed by atoms with Crippen LogP contribution in [0.5, 0.6) is 23.0 Å². The maximum absolute atomic E-state index is 7.73. The topological polar surface area (TPSA) is 71.0 Å². The monoisotopic (exact) mass is 824 g/mol. The van der Waals surface area contributed by atoms with Gasteiger partial charge in [0.05, 0.1) is 11.1 Å². The fourth-order valence-corrected chi connectivity index (χ4v) is 11.3. The largest absolute Gasteiger partial charge is 0.459 e. The molecule has 0 bridgehead atoms. The van der Waals surface area contributed by atoms with Crippen LogP contribution in [0.15, 0.2) is 212 Å². The summed E-state index contributed by atoms with van der Waals surface area (Å²) in [5.74, 6) is 5.81. The second-order valence-corrected chi connectivity index (χ2v) is 17.0. The fraction of sp³-hybridized carbons (Fsp3) is 0.0345. The van der Waals surface area contributed by atoms with E-state index in [9.17, 15) is 0 Å². The first kappa shape index (κ1) is 34.1. The van der Waals surface area contributed by atoms with Gasteiger partial charge in [-0.1, -0.05) is 133 Å². The van der Waals surface area contributed by atoms with Crippen molar-refractivity contribution in [2.45, 2.75) is 10.8 Å². The Morgan fingerprint density at radius 3 is 1.03 bits per heavy atom. The molecular formula is C58H32O6. The molecule has 12 aromatic rings. The van der Waals surface area contributed by atoms with Crippen molar-refractivity contribution >= 4 is 43.9 Å². The summed E-state index contributed by atoms with van der Waals surface area (Å²) in [5, 5.41) is 4.14. The van der Waals surface area contributed by atoms with E-state index in [0.29, 0.717) is 11.5 Å². The summed E-state index contributed by atoms with van der Waals surface area (Å²) in [6, 6.07) is 66.7. The minimum Gasteiger partial charge on any atom is -0.459 e. The Morgan fingerprint density at radius 1 is 0.281 bits per heavy atom. The standard InChI is InChI=1S/C58H32O6/c1-7-25-45-33(15-1)35-17-13-19-37(53(35)61-45)51-31-43-55(63-51)58(41-23-5-11-29-49(41)60-50-30-12-6-24-42(50)58)44-32-52(38-20-14-18-36-34-16-2-8-26-46(34)62-54(36)38)64-56(44)57(43)39-21-3-9-27-47(39)59-48-28-10-4-22-40(48)57/h1-32H. The molecular weight excluding hydrogens is 793 g/mol. The van der Waals surface area contributed by atoms with Gasteiger partial charge in [-0.15, -0.1) is 0 Å². The number of hydrogen-bond donors (Lipinski definition) is 0. The molecule has 8 aromatic carbocycles. The lowest BCUT2D eigenvalue weighted by Gasteiger charge is -2.48. The van der Waals surface area contributed by atoms with Crippen LogP contribution in [0.3, 0.4) is 0 Å². The highest BCUT2D eigenvalue weighted by molar-refractivity contribution is 6.10. The average Bonchev–Trinajstić information content (AvgIpc) is 4.16. The Morgan fingerprint density at radius 2 is 0.625 bits per heavy atom. The van der Waals surface area contributed by atoms with Crippen LogP contribution in [-0.2, 0) is 10.8 Å². The van der Waals surface area contributed by atoms with E-state index in [1.54, 1.807) is 0 Å². The van der Waals surface area contributed by atoms with Gasteiger partial charge in [0, 0.05) is 54.9 Å². The predicted octanol–water partition coefficient (Wildman–Crippen LogP) is 15.3. The summed E-state index contributed by atoms with van der Waals surface area (Å²) in [7, 11) is 0. The third kappa shape index (κ3) is 4.11. The normalized spacial score (nSPS) is 14.8. The highest BCUT2D eigenvalue weighted by Gasteiger charge is 2.63. The summed E-state index contributed by atoms with van der Waals surface area (Å²) in [6.45, 7) is 0. The molecule has 0 N–H and O–H groups in total. The third-order valence-electron chi connectivity index (χ3n) is 13.9. The molecule has 0 saturated heterocycles. The van der Waals surface area contributed by atoms with E-state index in [4.69, 9.17) is 27.1 Å². The molecule has 2 aliphatic heterocycles. The van der Waals surface area contributed by atoms with Gasteiger partial charge >= 0.3 is 0 Å². The van der Waals surface area contributed by atoms with Crippen molar-refractivity contribution in [3.63, 3.8) is 0 Å². The number of para-hydroxylation sites is 8. The van der Waals surface area contributed by atoms with Gasteiger partial charge in [-0.05, 0) is 60.7 Å². The number of ether oxygens (including phenoxy) is 2. The van der Waals surface area contributed by atoms with Gasteiger partial charge in [-0.2, -0.15) is 0 Å². The molecule has 0 atom stereocenters. The van der Waals surface area contributed by atoms with Crippen molar-refractivity contribution in [3.05, 3.63) is 239 Å². The molecule has 0 radical (unpaired) electrons. The van der Waals surface area contributed by atoms with E-state index < -0.39 is 10.8 Å². The first-order valence-corrected chi connectivity index (χ1v) is 21.6. The van der Waals surface area contributed by atoms with Crippen molar-refractivity contribution in [2.75, 3.05) is 0 Å². The highest BCUT2D eigenvalue weighted by atomic mass is 16.5. The van der Waals surface area contributed by atoms with Crippen LogP contribution in [0.25, 0.3) is 66.5 Å². The summed E-state index contributed by atoms with van der Waals surface area (Å²) in [5.41, 5.74) is 8.37. The quantitative estimate of drug-likeness (QED) is 0.173. The van der Waals surface area contributed by atoms with Gasteiger partial charge in [0.25, 0.3) is 0 Å². The van der Waals surface area contributed by atoms with Crippen LogP contribution in [0.4, 0.5) is 0 Å². The van der Waals surface area contributed by atoms with Crippen LogP contribution in [0, 0.1) is 0 Å². The van der Waals surface area contributed by atoms with Gasteiger partial charge in [0.2, 0.25) is 0 Å². The lowest BCUT2D eigenvalue weighted by atomic mass is 9.53. The molecule has 0 fully saturated rings. The number of rotatable bonds is 2. The Balaban J connectivity index is 1.14. The van der Waals surface area contributed by atoms with E-state index in [1.165, 1.54) is 0 Å². The molecule has 1 aliphatic carbocycles. The van der Waals surface area contributed by atoms with Crippen molar-refractivity contribution in [1.29, 1.82) is 0 Å². The fourth-order valence-electron chi connectivity index (χ4n) is 11.3. The van der Waals surface area contributed by atoms with Crippen molar-refractivity contribution in [1.82, 2.24) is 0 Å². The van der Waals surface area contributed by atoms with Crippen molar-refractivity contribution < 1.29 is 27.1 Å². The molecule has 0 saturated carbocycles. The summed E-state index contributed by atoms with van der Waals surface area (Å²) in [6.07, 6.45) is 0. The summed E-state index contributed by atoms with van der Waals surface area (Å²) < 4.78 is 42.5. The van der Waals surface area contributed by atoms with Crippen molar-refractivity contribution in [3.8, 4) is 45.6 Å². The predicted molar refractivity (Wildman–Crippen MR) is 247 cm³/mol. The van der Waals surface area contributed by atoms with Gasteiger partial charge in [-0.3, -0.25) is 0 Å². The number of fused-ring (bicyclic) bond motifs is 20. The lowest BCUT2D eigenvalue weighted by molar-refractivity contribution is 0.353. The molecule has 6 heterocycles. The summed E-state index contributed by atoms with van der Waals surface area (Å²) in [4.78, 5) is 0. The second kappa shape index (κ2) is 12.1. The maximum Gasteiger partial charge on any atom is 0.146 e. The Kier molecular flexibility index (Phi) is 6.47. The molecule has 3 aliphatic rings. The van der Waals surface area contributed by atoms with E-state index in [0.717, 1.165) is 123 Å². The zero-order chi connectivity index (χ0) is 41.7. The van der Waals surface area contributed by atoms with Gasteiger partial charge < -0.3 is 27.1 Å². The number of furan rings is 4. The lowest BCUT2D eigenvalue weighted by Crippen LogP contribution is -2.46. The van der Waals surface area contributed by atoms with E-state index in [1.807, 2.05) is 84.9 Å². The van der Waals surface area contributed by atoms with Gasteiger partial charge in [0.15, 0.2) is 0 Å². The highest BCUT2D eigenvalue weighted by Crippen LogP contribution is 2.68. The Labute approximate surface area is 365 Å². The van der Waals surface area contributed by atoms with Crippen LogP contribution < -0.4 is 9.47 Å². The van der Waals surface area contributed by atoms with E-state index >= 15 is 0 Å². The van der Waals surface area contributed by atoms with E-state index in [2.05, 4.69) is 109 Å². The first-order valence-electron chi connectivity index (χ1n) is 21.6. The van der Waals surface area contributed by atoms with Crippen LogP contribution >= 0.6 is 0 Å². The Bertz CT molecular complexity index is 3550. The minimum atomic E-state index is -1.06. The molecule has 6 heteroatoms. The molecule has 2 spiro atoms. The molecule has 6 nitrogen and oxygen atoms in total. The van der Waals surface area contributed by atoms with Crippen LogP contribution in [-0.4, -0.2) is 0 Å². The zero-order valence-electron chi connectivity index (χ0n) is 33.9. The maximum atomic E-state index is 7.73. The van der Waals surface area contributed by atoms with Crippen molar-refractivity contribution in [2.24, 2.45) is 0 Å². The van der Waals surface area contributed by atoms with E-state index in [-0.39, 0.29) is 0 Å². The SMILES string of the molecule is c1ccc2c(c1)Oc1ccccc1C21c2cc(-c3cccc4c3oc3ccccc34)oc2C2(c3ccccc3Oc3ccccc32)c2cc(-c3cccc4c3oc3ccccc34)oc21. The molecule has 4 aromatic heterocycles. The zero-order valence-corrected chi connectivity index (χ0v) is 33.9. The average molecular weight is 825 g/mol. The smallest absolute Gasteiger partial charge is 0.146 e. The van der Waals surface area contributed by atoms with Crippen LogP contribution in [0.1, 0.15) is 44.9 Å².